The third kappa shape index (κ3) is 3.82. The molecule has 1 heterocycles. The maximum Gasteiger partial charge on any atom is 0.329 e. The molecule has 0 radical (unpaired) electrons. The summed E-state index contributed by atoms with van der Waals surface area (Å²) in [7, 11) is 0. The monoisotopic (exact) mass is 438 g/mol. The van der Waals surface area contributed by atoms with Crippen molar-refractivity contribution in [1.82, 2.24) is 5.32 Å². The van der Waals surface area contributed by atoms with Gasteiger partial charge in [-0.05, 0) is 94.6 Å². The van der Waals surface area contributed by atoms with Gasteiger partial charge in [0.15, 0.2) is 6.10 Å². The van der Waals surface area contributed by atoms with Crippen LogP contribution in [0.2, 0.25) is 0 Å². The molecule has 172 valence electrons. The summed E-state index contributed by atoms with van der Waals surface area (Å²) in [5.74, 6) is 1.24. The molecule has 0 spiro atoms. The minimum Gasteiger partial charge on any atom is -0.451 e. The van der Waals surface area contributed by atoms with Crippen molar-refractivity contribution in [2.45, 2.75) is 77.4 Å². The summed E-state index contributed by atoms with van der Waals surface area (Å²) < 4.78 is 5.52. The summed E-state index contributed by atoms with van der Waals surface area (Å²) in [4.78, 5) is 40.7. The Bertz CT molecular complexity index is 891. The molecule has 6 nitrogen and oxygen atoms in total. The van der Waals surface area contributed by atoms with Crippen molar-refractivity contribution in [3.05, 3.63) is 29.8 Å². The van der Waals surface area contributed by atoms with Crippen LogP contribution in [0.5, 0.6) is 0 Å². The number of fused-ring (bicyclic) bond motifs is 1. The van der Waals surface area contributed by atoms with Crippen LogP contribution in [-0.2, 0) is 25.5 Å². The molecule has 5 aliphatic rings. The number of ether oxygens (including phenoxy) is 1. The normalized spacial score (nSPS) is 32.1. The lowest BCUT2D eigenvalue weighted by atomic mass is 9.49. The van der Waals surface area contributed by atoms with E-state index in [1.54, 1.807) is 18.7 Å². The molecule has 2 atom stereocenters. The number of carbonyl (C=O) groups excluding carboxylic acids is 3. The Kier molecular flexibility index (Phi) is 5.50. The number of anilines is 1. The molecule has 0 saturated heterocycles. The van der Waals surface area contributed by atoms with Gasteiger partial charge in [0.05, 0.1) is 0 Å². The molecule has 4 bridgehead atoms. The molecule has 4 saturated carbocycles. The number of benzene rings is 1. The van der Waals surface area contributed by atoms with Crippen LogP contribution < -0.4 is 10.2 Å². The lowest BCUT2D eigenvalue weighted by molar-refractivity contribution is -0.159. The Labute approximate surface area is 190 Å². The lowest BCUT2D eigenvalue weighted by Gasteiger charge is -2.55. The Hall–Kier alpha value is -2.37. The Morgan fingerprint density at radius 2 is 1.66 bits per heavy atom. The Balaban J connectivity index is 1.19. The molecule has 6 rings (SSSR count). The number of para-hydroxylation sites is 1. The number of rotatable bonds is 5. The van der Waals surface area contributed by atoms with Gasteiger partial charge in [-0.1, -0.05) is 18.2 Å². The van der Waals surface area contributed by atoms with Crippen molar-refractivity contribution in [3.8, 4) is 0 Å². The summed E-state index contributed by atoms with van der Waals surface area (Å²) in [5.41, 5.74) is 1.74. The molecule has 2 amide bonds. The van der Waals surface area contributed by atoms with E-state index in [0.717, 1.165) is 43.4 Å². The van der Waals surface area contributed by atoms with Gasteiger partial charge in [-0.15, -0.1) is 0 Å². The predicted octanol–water partition coefficient (Wildman–Crippen LogP) is 3.62. The number of aryl methyl sites for hydroxylation is 1. The van der Waals surface area contributed by atoms with E-state index in [1.165, 1.54) is 19.3 Å². The third-order valence-electron chi connectivity index (χ3n) is 8.24. The average molecular weight is 439 g/mol. The predicted molar refractivity (Wildman–Crippen MR) is 121 cm³/mol. The summed E-state index contributed by atoms with van der Waals surface area (Å²) in [5, 5.41) is 2.94. The number of nitrogens with zero attached hydrogens (tertiary/aromatic N) is 1. The van der Waals surface area contributed by atoms with Gasteiger partial charge < -0.3 is 15.0 Å². The fourth-order valence-corrected chi connectivity index (χ4v) is 7.11. The van der Waals surface area contributed by atoms with Crippen molar-refractivity contribution in [2.24, 2.45) is 23.2 Å². The van der Waals surface area contributed by atoms with Crippen molar-refractivity contribution in [1.29, 1.82) is 0 Å². The number of hydrogen-bond acceptors (Lipinski definition) is 4. The highest BCUT2D eigenvalue weighted by Gasteiger charge is 2.54. The Morgan fingerprint density at radius 1 is 1.03 bits per heavy atom. The van der Waals surface area contributed by atoms with Crippen LogP contribution in [0.1, 0.15) is 64.4 Å². The zero-order chi connectivity index (χ0) is 22.5. The Morgan fingerprint density at radius 3 is 2.31 bits per heavy atom. The number of carbonyl (C=O) groups is 3. The maximum absolute atomic E-state index is 13.2. The van der Waals surface area contributed by atoms with Crippen molar-refractivity contribution in [2.75, 3.05) is 11.4 Å². The molecule has 1 aliphatic heterocycles. The quantitative estimate of drug-likeness (QED) is 0.713. The average Bonchev–Trinajstić information content (AvgIpc) is 2.77. The van der Waals surface area contributed by atoms with Gasteiger partial charge in [0.1, 0.15) is 6.04 Å². The van der Waals surface area contributed by atoms with Crippen LogP contribution in [0.15, 0.2) is 24.3 Å². The van der Waals surface area contributed by atoms with E-state index in [2.05, 4.69) is 5.32 Å². The summed E-state index contributed by atoms with van der Waals surface area (Å²) in [6.45, 7) is 3.90. The highest BCUT2D eigenvalue weighted by atomic mass is 16.5. The highest BCUT2D eigenvalue weighted by Crippen LogP contribution is 2.60. The number of amides is 2. The second kappa shape index (κ2) is 8.20. The van der Waals surface area contributed by atoms with Crippen LogP contribution in [0.4, 0.5) is 5.69 Å². The molecule has 1 aromatic rings. The van der Waals surface area contributed by atoms with E-state index >= 15 is 0 Å². The maximum atomic E-state index is 13.2. The molecule has 32 heavy (non-hydrogen) atoms. The summed E-state index contributed by atoms with van der Waals surface area (Å²) in [6, 6.07) is 7.11. The standard InChI is InChI=1S/C26H34N2O4/c1-16(27-25(31)26-13-18-10-19(14-26)12-20(11-18)15-26)24(30)32-17(2)23(29)28-9-5-7-21-6-3-4-8-22(21)28/h3-4,6,8,16-20H,5,7,9-15H2,1-2H3,(H,27,31)/t16-,17-,18?,19?,20?,26?/m1/s1. The first-order valence-corrected chi connectivity index (χ1v) is 12.3. The molecular weight excluding hydrogens is 404 g/mol. The van der Waals surface area contributed by atoms with Crippen LogP contribution in [0, 0.1) is 23.2 Å². The zero-order valence-electron chi connectivity index (χ0n) is 19.1. The lowest BCUT2D eigenvalue weighted by Crippen LogP contribution is -2.56. The smallest absolute Gasteiger partial charge is 0.329 e. The largest absolute Gasteiger partial charge is 0.451 e. The minimum atomic E-state index is -0.896. The number of esters is 1. The highest BCUT2D eigenvalue weighted by molar-refractivity contribution is 5.98. The van der Waals surface area contributed by atoms with E-state index in [0.29, 0.717) is 24.3 Å². The number of nitrogens with one attached hydrogen (secondary N) is 1. The fourth-order valence-electron chi connectivity index (χ4n) is 7.11. The second-order valence-corrected chi connectivity index (χ2v) is 10.7. The molecule has 6 heteroatoms. The van der Waals surface area contributed by atoms with E-state index in [4.69, 9.17) is 4.74 Å². The van der Waals surface area contributed by atoms with E-state index in [1.807, 2.05) is 24.3 Å². The molecule has 1 aromatic carbocycles. The molecular formula is C26H34N2O4. The molecule has 4 aliphatic carbocycles. The van der Waals surface area contributed by atoms with Crippen molar-refractivity contribution in [3.63, 3.8) is 0 Å². The SMILES string of the molecule is C[C@@H](NC(=O)C12CC3CC(CC(C3)C1)C2)C(=O)O[C@H](C)C(=O)N1CCCc2ccccc21. The van der Waals surface area contributed by atoms with Crippen molar-refractivity contribution >= 4 is 23.5 Å². The molecule has 0 aromatic heterocycles. The van der Waals surface area contributed by atoms with Crippen molar-refractivity contribution < 1.29 is 19.1 Å². The van der Waals surface area contributed by atoms with Gasteiger partial charge in [-0.3, -0.25) is 9.59 Å². The van der Waals surface area contributed by atoms with Gasteiger partial charge >= 0.3 is 5.97 Å². The van der Waals surface area contributed by atoms with Crippen LogP contribution >= 0.6 is 0 Å². The zero-order valence-corrected chi connectivity index (χ0v) is 19.1. The third-order valence-corrected chi connectivity index (χ3v) is 8.24. The van der Waals surface area contributed by atoms with Gasteiger partial charge in [-0.25, -0.2) is 4.79 Å². The van der Waals surface area contributed by atoms with Crippen LogP contribution in [0.3, 0.4) is 0 Å². The first-order chi connectivity index (χ1) is 15.3. The first-order valence-electron chi connectivity index (χ1n) is 12.3. The number of hydrogen-bond donors (Lipinski definition) is 1. The van der Waals surface area contributed by atoms with Gasteiger partial charge in [-0.2, -0.15) is 0 Å². The summed E-state index contributed by atoms with van der Waals surface area (Å²) >= 11 is 0. The van der Waals surface area contributed by atoms with Crippen LogP contribution in [-0.4, -0.2) is 36.5 Å². The molecule has 0 unspecified atom stereocenters. The minimum absolute atomic E-state index is 0.00462. The van der Waals surface area contributed by atoms with Crippen LogP contribution in [0.25, 0.3) is 0 Å². The first kappa shape index (κ1) is 21.5. The molecule has 4 fully saturated rings. The van der Waals surface area contributed by atoms with Gasteiger partial charge in [0, 0.05) is 17.6 Å². The fraction of sp³-hybridized carbons (Fsp3) is 0.654. The topological polar surface area (TPSA) is 75.7 Å². The van der Waals surface area contributed by atoms with E-state index in [-0.39, 0.29) is 17.2 Å². The van der Waals surface area contributed by atoms with Gasteiger partial charge in [0.25, 0.3) is 5.91 Å². The second-order valence-electron chi connectivity index (χ2n) is 10.7. The summed E-state index contributed by atoms with van der Waals surface area (Å²) in [6.07, 6.45) is 7.60. The van der Waals surface area contributed by atoms with E-state index < -0.39 is 18.1 Å². The molecule has 1 N–H and O–H groups in total. The van der Waals surface area contributed by atoms with Gasteiger partial charge in [0.2, 0.25) is 5.91 Å². The van der Waals surface area contributed by atoms with E-state index in [9.17, 15) is 14.4 Å².